The first-order chi connectivity index (χ1) is 7.59. The van der Waals surface area contributed by atoms with Gasteiger partial charge in [0.25, 0.3) is 0 Å². The molecule has 1 aliphatic rings. The molecular formula is C12H19ClN2O. The van der Waals surface area contributed by atoms with Crippen LogP contribution in [0.3, 0.4) is 0 Å². The van der Waals surface area contributed by atoms with Crippen molar-refractivity contribution in [3.63, 3.8) is 0 Å². The minimum Gasteiger partial charge on any atom is -0.393 e. The van der Waals surface area contributed by atoms with Gasteiger partial charge < -0.3 is 5.11 Å². The van der Waals surface area contributed by atoms with Crippen LogP contribution in [0, 0.1) is 12.8 Å². The molecule has 3 nitrogen and oxygen atoms in total. The van der Waals surface area contributed by atoms with Crippen molar-refractivity contribution in [2.24, 2.45) is 13.0 Å². The number of rotatable bonds is 2. The highest BCUT2D eigenvalue weighted by Gasteiger charge is 2.25. The molecule has 2 rings (SSSR count). The predicted molar refractivity (Wildman–Crippen MR) is 64.6 cm³/mol. The normalized spacial score (nSPS) is 26.0. The second-order valence-corrected chi connectivity index (χ2v) is 5.15. The molecule has 0 radical (unpaired) electrons. The first-order valence-corrected chi connectivity index (χ1v) is 6.33. The van der Waals surface area contributed by atoms with Crippen molar-refractivity contribution in [3.05, 3.63) is 16.4 Å². The van der Waals surface area contributed by atoms with Crippen molar-refractivity contribution in [3.8, 4) is 0 Å². The summed E-state index contributed by atoms with van der Waals surface area (Å²) >= 11 is 6.20. The number of hydrogen-bond acceptors (Lipinski definition) is 2. The fourth-order valence-corrected chi connectivity index (χ4v) is 2.85. The Hall–Kier alpha value is -0.540. The summed E-state index contributed by atoms with van der Waals surface area (Å²) in [5.41, 5.74) is 2.10. The van der Waals surface area contributed by atoms with Crippen LogP contribution in [0.2, 0.25) is 5.15 Å². The summed E-state index contributed by atoms with van der Waals surface area (Å²) in [5, 5.41) is 15.0. The maximum absolute atomic E-state index is 9.95. The van der Waals surface area contributed by atoms with Crippen molar-refractivity contribution >= 4 is 11.6 Å². The maximum atomic E-state index is 9.95. The first-order valence-electron chi connectivity index (χ1n) is 5.95. The standard InChI is InChI=1S/C12H19ClN2O/c1-8-10(12(13)15(2)14-8)7-9-5-3-4-6-11(9)16/h9,11,16H,3-7H2,1-2H3. The zero-order valence-corrected chi connectivity index (χ0v) is 10.7. The van der Waals surface area contributed by atoms with Gasteiger partial charge in [0, 0.05) is 12.6 Å². The molecule has 4 heteroatoms. The molecule has 2 atom stereocenters. The van der Waals surface area contributed by atoms with E-state index < -0.39 is 0 Å². The van der Waals surface area contributed by atoms with Gasteiger partial charge >= 0.3 is 0 Å². The zero-order chi connectivity index (χ0) is 11.7. The third-order valence-corrected chi connectivity index (χ3v) is 4.08. The first kappa shape index (κ1) is 11.9. The van der Waals surface area contributed by atoms with Gasteiger partial charge in [-0.2, -0.15) is 5.10 Å². The van der Waals surface area contributed by atoms with E-state index in [2.05, 4.69) is 5.10 Å². The molecule has 1 saturated carbocycles. The topological polar surface area (TPSA) is 38.0 Å². The van der Waals surface area contributed by atoms with Crippen LogP contribution < -0.4 is 0 Å². The minimum atomic E-state index is -0.163. The molecule has 0 aliphatic heterocycles. The molecule has 1 heterocycles. The van der Waals surface area contributed by atoms with Crippen LogP contribution >= 0.6 is 11.6 Å². The smallest absolute Gasteiger partial charge is 0.130 e. The number of aromatic nitrogens is 2. The average Bonchev–Trinajstić information content (AvgIpc) is 2.48. The number of nitrogens with zero attached hydrogens (tertiary/aromatic N) is 2. The van der Waals surface area contributed by atoms with Crippen LogP contribution in [0.25, 0.3) is 0 Å². The van der Waals surface area contributed by atoms with Crippen LogP contribution in [0.5, 0.6) is 0 Å². The van der Waals surface area contributed by atoms with Gasteiger partial charge in [0.2, 0.25) is 0 Å². The van der Waals surface area contributed by atoms with E-state index in [0.29, 0.717) is 5.92 Å². The van der Waals surface area contributed by atoms with Crippen LogP contribution in [0.15, 0.2) is 0 Å². The Morgan fingerprint density at radius 1 is 1.44 bits per heavy atom. The van der Waals surface area contributed by atoms with E-state index >= 15 is 0 Å². The summed E-state index contributed by atoms with van der Waals surface area (Å²) in [5.74, 6) is 0.356. The van der Waals surface area contributed by atoms with Crippen molar-refractivity contribution in [2.45, 2.75) is 45.1 Å². The van der Waals surface area contributed by atoms with E-state index in [9.17, 15) is 5.11 Å². The highest BCUT2D eigenvalue weighted by molar-refractivity contribution is 6.30. The Bertz CT molecular complexity index is 375. The SMILES string of the molecule is Cc1nn(C)c(Cl)c1CC1CCCCC1O. The summed E-state index contributed by atoms with van der Waals surface area (Å²) in [4.78, 5) is 0. The Kier molecular flexibility index (Phi) is 3.55. The molecule has 0 saturated heterocycles. The molecule has 1 N–H and O–H groups in total. The van der Waals surface area contributed by atoms with Gasteiger partial charge in [0.15, 0.2) is 0 Å². The molecule has 1 aliphatic carbocycles. The summed E-state index contributed by atoms with van der Waals surface area (Å²) in [7, 11) is 1.86. The van der Waals surface area contributed by atoms with Gasteiger partial charge in [0.05, 0.1) is 11.8 Å². The van der Waals surface area contributed by atoms with Gasteiger partial charge in [-0.25, -0.2) is 0 Å². The fourth-order valence-electron chi connectivity index (χ4n) is 2.59. The maximum Gasteiger partial charge on any atom is 0.130 e. The molecular weight excluding hydrogens is 224 g/mol. The zero-order valence-electron chi connectivity index (χ0n) is 9.91. The lowest BCUT2D eigenvalue weighted by atomic mass is 9.82. The molecule has 1 aromatic heterocycles. The van der Waals surface area contributed by atoms with Crippen molar-refractivity contribution in [2.75, 3.05) is 0 Å². The van der Waals surface area contributed by atoms with Gasteiger partial charge in [-0.05, 0) is 32.1 Å². The second kappa shape index (κ2) is 4.76. The lowest BCUT2D eigenvalue weighted by Gasteiger charge is -2.27. The summed E-state index contributed by atoms with van der Waals surface area (Å²) in [6.07, 6.45) is 5.10. The molecule has 0 amide bonds. The highest BCUT2D eigenvalue weighted by atomic mass is 35.5. The van der Waals surface area contributed by atoms with Crippen LogP contribution in [0.1, 0.15) is 36.9 Å². The van der Waals surface area contributed by atoms with Gasteiger partial charge in [-0.1, -0.05) is 24.4 Å². The second-order valence-electron chi connectivity index (χ2n) is 4.79. The Morgan fingerprint density at radius 2 is 2.12 bits per heavy atom. The highest BCUT2D eigenvalue weighted by Crippen LogP contribution is 2.30. The number of aliphatic hydroxyl groups excluding tert-OH is 1. The lowest BCUT2D eigenvalue weighted by molar-refractivity contribution is 0.0700. The van der Waals surface area contributed by atoms with Crippen molar-refractivity contribution in [1.82, 2.24) is 9.78 Å². The fraction of sp³-hybridized carbons (Fsp3) is 0.750. The van der Waals surface area contributed by atoms with Crippen molar-refractivity contribution < 1.29 is 5.11 Å². The molecule has 0 aromatic carbocycles. The molecule has 1 aromatic rings. The number of hydrogen-bond donors (Lipinski definition) is 1. The van der Waals surface area contributed by atoms with E-state index in [0.717, 1.165) is 42.1 Å². The Labute approximate surface area is 101 Å². The van der Waals surface area contributed by atoms with E-state index in [1.54, 1.807) is 4.68 Å². The van der Waals surface area contributed by atoms with Crippen LogP contribution in [-0.4, -0.2) is 21.0 Å². The quantitative estimate of drug-likeness (QED) is 0.865. The monoisotopic (exact) mass is 242 g/mol. The van der Waals surface area contributed by atoms with E-state index in [-0.39, 0.29) is 6.10 Å². The molecule has 0 spiro atoms. The minimum absolute atomic E-state index is 0.163. The molecule has 1 fully saturated rings. The van der Waals surface area contributed by atoms with Gasteiger partial charge in [-0.15, -0.1) is 0 Å². The van der Waals surface area contributed by atoms with Gasteiger partial charge in [0.1, 0.15) is 5.15 Å². The number of halogens is 1. The van der Waals surface area contributed by atoms with E-state index in [1.807, 2.05) is 14.0 Å². The molecule has 16 heavy (non-hydrogen) atoms. The van der Waals surface area contributed by atoms with Gasteiger partial charge in [-0.3, -0.25) is 4.68 Å². The van der Waals surface area contributed by atoms with Crippen LogP contribution in [0.4, 0.5) is 0 Å². The number of aliphatic hydroxyl groups is 1. The average molecular weight is 243 g/mol. The Balaban J connectivity index is 2.13. The number of aryl methyl sites for hydroxylation is 2. The predicted octanol–water partition coefficient (Wildman–Crippen LogP) is 2.48. The molecule has 0 bridgehead atoms. The summed E-state index contributed by atoms with van der Waals surface area (Å²) in [6, 6.07) is 0. The summed E-state index contributed by atoms with van der Waals surface area (Å²) in [6.45, 7) is 1.98. The lowest BCUT2D eigenvalue weighted by Crippen LogP contribution is -2.26. The van der Waals surface area contributed by atoms with E-state index in [1.165, 1.54) is 6.42 Å². The van der Waals surface area contributed by atoms with Crippen molar-refractivity contribution in [1.29, 1.82) is 0 Å². The largest absolute Gasteiger partial charge is 0.393 e. The molecule has 90 valence electrons. The van der Waals surface area contributed by atoms with Crippen LogP contribution in [-0.2, 0) is 13.5 Å². The molecule has 2 unspecified atom stereocenters. The van der Waals surface area contributed by atoms with E-state index in [4.69, 9.17) is 11.6 Å². The third-order valence-electron chi connectivity index (χ3n) is 3.61. The third kappa shape index (κ3) is 2.25. The Morgan fingerprint density at radius 3 is 2.69 bits per heavy atom. The summed E-state index contributed by atoms with van der Waals surface area (Å²) < 4.78 is 1.71.